The Labute approximate surface area is 134 Å². The number of hydrogen-bond acceptors (Lipinski definition) is 1. The number of H-pyrrole nitrogens is 1. The molecule has 0 aliphatic rings. The van der Waals surface area contributed by atoms with Crippen molar-refractivity contribution >= 4 is 16.8 Å². The molecule has 2 N–H and O–H groups in total. The van der Waals surface area contributed by atoms with Gasteiger partial charge in [0.1, 0.15) is 5.82 Å². The lowest BCUT2D eigenvalue weighted by molar-refractivity contribution is -0.120. The van der Waals surface area contributed by atoms with Crippen molar-refractivity contribution in [1.29, 1.82) is 0 Å². The van der Waals surface area contributed by atoms with Crippen LogP contribution < -0.4 is 5.32 Å². The van der Waals surface area contributed by atoms with Gasteiger partial charge in [0, 0.05) is 23.1 Å². The van der Waals surface area contributed by atoms with E-state index in [9.17, 15) is 9.18 Å². The van der Waals surface area contributed by atoms with Crippen molar-refractivity contribution in [3.8, 4) is 0 Å². The summed E-state index contributed by atoms with van der Waals surface area (Å²) in [4.78, 5) is 15.6. The van der Waals surface area contributed by atoms with E-state index in [4.69, 9.17) is 0 Å². The summed E-state index contributed by atoms with van der Waals surface area (Å²) >= 11 is 0. The number of nitrogens with one attached hydrogen (secondary N) is 2. The fraction of sp³-hybridized carbons (Fsp3) is 0.211. The number of amides is 1. The van der Waals surface area contributed by atoms with E-state index in [-0.39, 0.29) is 11.7 Å². The molecule has 0 spiro atoms. The number of carbonyl (C=O) groups excluding carboxylic acids is 1. The average molecular weight is 310 g/mol. The van der Waals surface area contributed by atoms with Crippen LogP contribution in [0.5, 0.6) is 0 Å². The summed E-state index contributed by atoms with van der Waals surface area (Å²) in [5.74, 6) is -0.315. The molecule has 3 rings (SSSR count). The quantitative estimate of drug-likeness (QED) is 0.757. The standard InChI is InChI=1S/C19H19FN2O/c1-12-3-8-18-17(9-12)16(13(2)22-18)10-19(23)21-11-14-4-6-15(20)7-5-14/h3-9,22H,10-11H2,1-2H3,(H,21,23). The van der Waals surface area contributed by atoms with E-state index in [1.807, 2.05) is 19.9 Å². The van der Waals surface area contributed by atoms with E-state index < -0.39 is 0 Å². The van der Waals surface area contributed by atoms with Gasteiger partial charge >= 0.3 is 0 Å². The van der Waals surface area contributed by atoms with E-state index in [1.54, 1.807) is 12.1 Å². The van der Waals surface area contributed by atoms with Gasteiger partial charge in [0.2, 0.25) is 5.91 Å². The van der Waals surface area contributed by atoms with Crippen LogP contribution in [0.15, 0.2) is 42.5 Å². The third-order valence-electron chi connectivity index (χ3n) is 4.02. The van der Waals surface area contributed by atoms with E-state index >= 15 is 0 Å². The van der Waals surface area contributed by atoms with E-state index in [0.717, 1.165) is 27.7 Å². The molecule has 1 aromatic heterocycles. The zero-order valence-corrected chi connectivity index (χ0v) is 13.2. The average Bonchev–Trinajstić information content (AvgIpc) is 2.82. The molecule has 1 heterocycles. The lowest BCUT2D eigenvalue weighted by Gasteiger charge is -2.06. The highest BCUT2D eigenvalue weighted by Crippen LogP contribution is 2.23. The van der Waals surface area contributed by atoms with Gasteiger partial charge in [-0.2, -0.15) is 0 Å². The van der Waals surface area contributed by atoms with Crippen LogP contribution in [-0.2, 0) is 17.8 Å². The smallest absolute Gasteiger partial charge is 0.224 e. The van der Waals surface area contributed by atoms with Crippen LogP contribution >= 0.6 is 0 Å². The first-order chi connectivity index (χ1) is 11.0. The predicted molar refractivity (Wildman–Crippen MR) is 89.7 cm³/mol. The molecule has 3 nitrogen and oxygen atoms in total. The van der Waals surface area contributed by atoms with Gasteiger partial charge in [0.15, 0.2) is 0 Å². The zero-order valence-electron chi connectivity index (χ0n) is 13.2. The number of aryl methyl sites for hydroxylation is 2. The maximum absolute atomic E-state index is 12.9. The Morgan fingerprint density at radius 3 is 2.61 bits per heavy atom. The van der Waals surface area contributed by atoms with Crippen LogP contribution in [0.3, 0.4) is 0 Å². The van der Waals surface area contributed by atoms with Crippen molar-refractivity contribution < 1.29 is 9.18 Å². The highest BCUT2D eigenvalue weighted by atomic mass is 19.1. The molecule has 23 heavy (non-hydrogen) atoms. The Morgan fingerprint density at radius 1 is 1.13 bits per heavy atom. The summed E-state index contributed by atoms with van der Waals surface area (Å²) in [5.41, 5.74) is 5.15. The number of aromatic nitrogens is 1. The third kappa shape index (κ3) is 3.42. The normalized spacial score (nSPS) is 10.9. The summed E-state index contributed by atoms with van der Waals surface area (Å²) in [5, 5.41) is 3.98. The first-order valence-corrected chi connectivity index (χ1v) is 7.62. The molecular weight excluding hydrogens is 291 g/mol. The van der Waals surface area contributed by atoms with Crippen LogP contribution in [0, 0.1) is 19.7 Å². The van der Waals surface area contributed by atoms with Gasteiger partial charge in [0.05, 0.1) is 6.42 Å². The lowest BCUT2D eigenvalue weighted by Crippen LogP contribution is -2.24. The Hall–Kier alpha value is -2.62. The molecule has 1 amide bonds. The molecule has 4 heteroatoms. The van der Waals surface area contributed by atoms with E-state index in [2.05, 4.69) is 22.4 Å². The number of benzene rings is 2. The van der Waals surface area contributed by atoms with Crippen LogP contribution in [0.25, 0.3) is 10.9 Å². The fourth-order valence-electron chi connectivity index (χ4n) is 2.75. The highest BCUT2D eigenvalue weighted by molar-refractivity contribution is 5.90. The fourth-order valence-corrected chi connectivity index (χ4v) is 2.75. The SMILES string of the molecule is Cc1ccc2[nH]c(C)c(CC(=O)NCc3ccc(F)cc3)c2c1. The van der Waals surface area contributed by atoms with Gasteiger partial charge in [-0.25, -0.2) is 4.39 Å². The molecule has 0 unspecified atom stereocenters. The number of carbonyl (C=O) groups is 1. The van der Waals surface area contributed by atoms with Gasteiger partial charge in [-0.3, -0.25) is 4.79 Å². The second kappa shape index (κ2) is 6.24. The van der Waals surface area contributed by atoms with Gasteiger partial charge in [-0.05, 0) is 49.2 Å². The molecule has 0 radical (unpaired) electrons. The number of rotatable bonds is 4. The van der Waals surface area contributed by atoms with Crippen molar-refractivity contribution in [3.63, 3.8) is 0 Å². The largest absolute Gasteiger partial charge is 0.358 e. The van der Waals surface area contributed by atoms with Gasteiger partial charge in [-0.1, -0.05) is 23.8 Å². The molecular formula is C19H19FN2O. The van der Waals surface area contributed by atoms with E-state index in [0.29, 0.717) is 13.0 Å². The van der Waals surface area contributed by atoms with Crippen molar-refractivity contribution in [2.24, 2.45) is 0 Å². The molecule has 0 atom stereocenters. The van der Waals surface area contributed by atoms with E-state index in [1.165, 1.54) is 17.7 Å². The Kier molecular flexibility index (Phi) is 4.15. The number of hydrogen-bond donors (Lipinski definition) is 2. The summed E-state index contributed by atoms with van der Waals surface area (Å²) in [6.45, 7) is 4.43. The number of halogens is 1. The van der Waals surface area contributed by atoms with Crippen LogP contribution in [0.1, 0.15) is 22.4 Å². The van der Waals surface area contributed by atoms with Crippen LogP contribution in [0.4, 0.5) is 4.39 Å². The minimum Gasteiger partial charge on any atom is -0.358 e. The minimum atomic E-state index is -0.273. The molecule has 0 bridgehead atoms. The first-order valence-electron chi connectivity index (χ1n) is 7.62. The topological polar surface area (TPSA) is 44.9 Å². The highest BCUT2D eigenvalue weighted by Gasteiger charge is 2.12. The summed E-state index contributed by atoms with van der Waals surface area (Å²) in [6, 6.07) is 12.3. The van der Waals surface area contributed by atoms with Gasteiger partial charge in [-0.15, -0.1) is 0 Å². The molecule has 0 saturated heterocycles. The molecule has 3 aromatic rings. The molecule has 0 aliphatic heterocycles. The zero-order chi connectivity index (χ0) is 16.4. The Balaban J connectivity index is 1.71. The second-order valence-corrected chi connectivity index (χ2v) is 5.86. The molecule has 0 fully saturated rings. The molecule has 0 saturated carbocycles. The second-order valence-electron chi connectivity index (χ2n) is 5.86. The van der Waals surface area contributed by atoms with Crippen LogP contribution in [0.2, 0.25) is 0 Å². The van der Waals surface area contributed by atoms with Crippen molar-refractivity contribution in [1.82, 2.24) is 10.3 Å². The minimum absolute atomic E-state index is 0.0418. The summed E-state index contributed by atoms with van der Waals surface area (Å²) in [7, 11) is 0. The molecule has 118 valence electrons. The summed E-state index contributed by atoms with van der Waals surface area (Å²) in [6.07, 6.45) is 0.330. The lowest BCUT2D eigenvalue weighted by atomic mass is 10.1. The van der Waals surface area contributed by atoms with Crippen molar-refractivity contribution in [2.45, 2.75) is 26.8 Å². The molecule has 2 aromatic carbocycles. The van der Waals surface area contributed by atoms with Crippen LogP contribution in [-0.4, -0.2) is 10.9 Å². The first kappa shape index (κ1) is 15.3. The number of fused-ring (bicyclic) bond motifs is 1. The predicted octanol–water partition coefficient (Wildman–Crippen LogP) is 3.78. The van der Waals surface area contributed by atoms with Crippen molar-refractivity contribution in [2.75, 3.05) is 0 Å². The molecule has 0 aliphatic carbocycles. The maximum atomic E-state index is 12.9. The Bertz CT molecular complexity index is 850. The Morgan fingerprint density at radius 2 is 1.87 bits per heavy atom. The van der Waals surface area contributed by atoms with Crippen molar-refractivity contribution in [3.05, 3.63) is 70.7 Å². The summed E-state index contributed by atoms with van der Waals surface area (Å²) < 4.78 is 12.9. The van der Waals surface area contributed by atoms with Gasteiger partial charge < -0.3 is 10.3 Å². The number of aromatic amines is 1. The van der Waals surface area contributed by atoms with Gasteiger partial charge in [0.25, 0.3) is 0 Å². The monoisotopic (exact) mass is 310 g/mol. The maximum Gasteiger partial charge on any atom is 0.224 e. The third-order valence-corrected chi connectivity index (χ3v) is 4.02.